The summed E-state index contributed by atoms with van der Waals surface area (Å²) in [4.78, 5) is 33.0. The van der Waals surface area contributed by atoms with Crippen LogP contribution in [0.4, 0.5) is 5.13 Å². The minimum atomic E-state index is -0.881. The van der Waals surface area contributed by atoms with Crippen molar-refractivity contribution in [3.63, 3.8) is 0 Å². The molecule has 3 aromatic carbocycles. The lowest BCUT2D eigenvalue weighted by Crippen LogP contribution is -2.29. The fourth-order valence-corrected chi connectivity index (χ4v) is 5.46. The highest BCUT2D eigenvalue weighted by Gasteiger charge is 2.48. The van der Waals surface area contributed by atoms with Crippen LogP contribution in [0.15, 0.2) is 72.3 Å². The summed E-state index contributed by atoms with van der Waals surface area (Å²) in [5, 5.41) is 11.7. The van der Waals surface area contributed by atoms with Crippen LogP contribution in [0, 0.1) is 6.92 Å². The molecule has 1 amide bonds. The van der Waals surface area contributed by atoms with Gasteiger partial charge in [-0.25, -0.2) is 4.98 Å². The smallest absolute Gasteiger partial charge is 0.301 e. The number of hydrogen-bond acceptors (Lipinski definition) is 7. The Kier molecular flexibility index (Phi) is 6.67. The summed E-state index contributed by atoms with van der Waals surface area (Å²) in [6.45, 7) is 4.54. The van der Waals surface area contributed by atoms with E-state index in [2.05, 4.69) is 4.98 Å². The Morgan fingerprint density at radius 3 is 2.57 bits per heavy atom. The van der Waals surface area contributed by atoms with Crippen molar-refractivity contribution in [2.45, 2.75) is 26.3 Å². The molecule has 1 saturated heterocycles. The highest BCUT2D eigenvalue weighted by atomic mass is 32.1. The fourth-order valence-electron chi connectivity index (χ4n) is 4.37. The number of carbonyl (C=O) groups is 2. The maximum atomic E-state index is 13.5. The zero-order chi connectivity index (χ0) is 26.1. The summed E-state index contributed by atoms with van der Waals surface area (Å²) in [6, 6.07) is 18.9. The molecule has 1 atom stereocenters. The van der Waals surface area contributed by atoms with Crippen molar-refractivity contribution in [1.29, 1.82) is 0 Å². The van der Waals surface area contributed by atoms with Crippen LogP contribution in [0.2, 0.25) is 0 Å². The number of carbonyl (C=O) groups excluding carboxylic acids is 2. The van der Waals surface area contributed by atoms with E-state index in [1.54, 1.807) is 37.4 Å². The van der Waals surface area contributed by atoms with E-state index in [-0.39, 0.29) is 11.3 Å². The molecular weight excluding hydrogens is 488 g/mol. The number of ether oxygens (including phenoxy) is 2. The second-order valence-corrected chi connectivity index (χ2v) is 9.80. The maximum Gasteiger partial charge on any atom is 0.301 e. The predicted octanol–water partition coefficient (Wildman–Crippen LogP) is 6.03. The van der Waals surface area contributed by atoms with Crippen LogP contribution in [0.5, 0.6) is 11.5 Å². The lowest BCUT2D eigenvalue weighted by atomic mass is 9.95. The van der Waals surface area contributed by atoms with E-state index in [1.165, 1.54) is 16.2 Å². The van der Waals surface area contributed by atoms with E-state index < -0.39 is 17.7 Å². The fraction of sp³-hybridized carbons (Fsp3) is 0.207. The zero-order valence-electron chi connectivity index (χ0n) is 20.7. The van der Waals surface area contributed by atoms with Crippen LogP contribution in [-0.2, 0) is 9.59 Å². The average molecular weight is 515 g/mol. The Morgan fingerprint density at radius 1 is 1.05 bits per heavy atom. The molecule has 8 heteroatoms. The number of benzene rings is 3. The monoisotopic (exact) mass is 514 g/mol. The molecule has 1 N–H and O–H groups in total. The molecule has 2 heterocycles. The summed E-state index contributed by atoms with van der Waals surface area (Å²) in [6.07, 6.45) is 0.839. The number of methoxy groups -OCH3 is 1. The number of Topliss-reactive ketones (excluding diaryl/α,β-unsaturated/α-hetero) is 1. The Labute approximate surface area is 218 Å². The summed E-state index contributed by atoms with van der Waals surface area (Å²) in [5.74, 6) is -0.539. The quantitative estimate of drug-likeness (QED) is 0.184. The van der Waals surface area contributed by atoms with Crippen molar-refractivity contribution in [1.82, 2.24) is 4.98 Å². The average Bonchev–Trinajstić information content (AvgIpc) is 3.44. The third-order valence-corrected chi connectivity index (χ3v) is 7.21. The minimum Gasteiger partial charge on any atom is -0.507 e. The molecule has 0 aliphatic carbocycles. The number of hydrogen-bond donors (Lipinski definition) is 1. The number of aryl methyl sites for hydroxylation is 1. The number of anilines is 1. The molecule has 37 heavy (non-hydrogen) atoms. The van der Waals surface area contributed by atoms with Crippen LogP contribution in [-0.4, -0.2) is 35.5 Å². The van der Waals surface area contributed by atoms with Crippen molar-refractivity contribution in [3.05, 3.63) is 89.0 Å². The second-order valence-electron chi connectivity index (χ2n) is 8.79. The number of nitrogens with zero attached hydrogens (tertiary/aromatic N) is 2. The van der Waals surface area contributed by atoms with Gasteiger partial charge in [0, 0.05) is 5.56 Å². The Hall–Kier alpha value is -4.17. The first-order valence-electron chi connectivity index (χ1n) is 12.0. The normalized spacial score (nSPS) is 16.9. The van der Waals surface area contributed by atoms with E-state index in [1.807, 2.05) is 50.2 Å². The molecule has 1 aromatic heterocycles. The Bertz CT molecular complexity index is 1520. The largest absolute Gasteiger partial charge is 0.507 e. The van der Waals surface area contributed by atoms with E-state index in [0.29, 0.717) is 34.4 Å². The highest BCUT2D eigenvalue weighted by molar-refractivity contribution is 7.22. The molecule has 0 saturated carbocycles. The van der Waals surface area contributed by atoms with Crippen molar-refractivity contribution >= 4 is 44.1 Å². The third kappa shape index (κ3) is 4.56. The van der Waals surface area contributed by atoms with Gasteiger partial charge in [0.25, 0.3) is 5.78 Å². The molecule has 7 nitrogen and oxygen atoms in total. The SMILES string of the molecule is CCCOc1cccc([C@H]2/C(=C(\O)c3ccc(OC)cc3)C(=O)C(=O)N2c2nc3ccc(C)cc3s2)c1. The van der Waals surface area contributed by atoms with Gasteiger partial charge in [0.2, 0.25) is 0 Å². The van der Waals surface area contributed by atoms with Crippen molar-refractivity contribution in [2.75, 3.05) is 18.6 Å². The van der Waals surface area contributed by atoms with Gasteiger partial charge >= 0.3 is 5.91 Å². The van der Waals surface area contributed by atoms with Crippen LogP contribution in [0.1, 0.15) is 36.1 Å². The molecule has 1 aliphatic rings. The van der Waals surface area contributed by atoms with Gasteiger partial charge in [0.15, 0.2) is 5.13 Å². The lowest BCUT2D eigenvalue weighted by Gasteiger charge is -2.23. The van der Waals surface area contributed by atoms with E-state index in [0.717, 1.165) is 22.2 Å². The van der Waals surface area contributed by atoms with Gasteiger partial charge in [-0.15, -0.1) is 0 Å². The number of aromatic nitrogens is 1. The van der Waals surface area contributed by atoms with Gasteiger partial charge in [-0.1, -0.05) is 36.5 Å². The second kappa shape index (κ2) is 10.1. The molecule has 188 valence electrons. The molecule has 0 spiro atoms. The third-order valence-electron chi connectivity index (χ3n) is 6.19. The summed E-state index contributed by atoms with van der Waals surface area (Å²) >= 11 is 1.34. The number of thiazole rings is 1. The first-order valence-corrected chi connectivity index (χ1v) is 12.8. The van der Waals surface area contributed by atoms with Crippen molar-refractivity contribution in [3.8, 4) is 11.5 Å². The van der Waals surface area contributed by atoms with E-state index in [4.69, 9.17) is 9.47 Å². The number of ketones is 1. The van der Waals surface area contributed by atoms with Gasteiger partial charge in [-0.2, -0.15) is 0 Å². The maximum absolute atomic E-state index is 13.5. The molecule has 5 rings (SSSR count). The minimum absolute atomic E-state index is 0.00162. The Balaban J connectivity index is 1.69. The molecular formula is C29H26N2O5S. The first-order chi connectivity index (χ1) is 17.9. The predicted molar refractivity (Wildman–Crippen MR) is 144 cm³/mol. The number of amides is 1. The van der Waals surface area contributed by atoms with Crippen LogP contribution < -0.4 is 14.4 Å². The van der Waals surface area contributed by atoms with Gasteiger partial charge < -0.3 is 14.6 Å². The van der Waals surface area contributed by atoms with Gasteiger partial charge in [-0.3, -0.25) is 14.5 Å². The molecule has 1 fully saturated rings. The number of aliphatic hydroxyl groups is 1. The van der Waals surface area contributed by atoms with E-state index >= 15 is 0 Å². The molecule has 0 unspecified atom stereocenters. The first kappa shape index (κ1) is 24.5. The van der Waals surface area contributed by atoms with Gasteiger partial charge in [0.1, 0.15) is 17.3 Å². The topological polar surface area (TPSA) is 89.0 Å². The van der Waals surface area contributed by atoms with E-state index in [9.17, 15) is 14.7 Å². The number of rotatable bonds is 7. The lowest BCUT2D eigenvalue weighted by molar-refractivity contribution is -0.132. The molecule has 4 aromatic rings. The molecule has 1 aliphatic heterocycles. The van der Waals surface area contributed by atoms with Crippen LogP contribution >= 0.6 is 11.3 Å². The van der Waals surface area contributed by atoms with Gasteiger partial charge in [-0.05, 0) is 73.0 Å². The zero-order valence-corrected chi connectivity index (χ0v) is 21.5. The number of aliphatic hydroxyl groups excluding tert-OH is 1. The Morgan fingerprint density at radius 2 is 1.84 bits per heavy atom. The van der Waals surface area contributed by atoms with Crippen molar-refractivity contribution < 1.29 is 24.2 Å². The molecule has 0 bridgehead atoms. The molecule has 0 radical (unpaired) electrons. The van der Waals surface area contributed by atoms with Crippen molar-refractivity contribution in [2.24, 2.45) is 0 Å². The number of fused-ring (bicyclic) bond motifs is 1. The standard InChI is InChI=1S/C29H26N2O5S/c1-4-14-36-21-7-5-6-19(16-21)25-24(26(32)18-9-11-20(35-3)12-10-18)27(33)28(34)31(25)29-30-22-13-8-17(2)15-23(22)37-29/h5-13,15-16,25,32H,4,14H2,1-3H3/b26-24+/t25-/m0/s1. The van der Waals surface area contributed by atoms with Crippen LogP contribution in [0.3, 0.4) is 0 Å². The summed E-state index contributed by atoms with van der Waals surface area (Å²) < 4.78 is 11.9. The summed E-state index contributed by atoms with van der Waals surface area (Å²) in [7, 11) is 1.55. The highest BCUT2D eigenvalue weighted by Crippen LogP contribution is 2.45. The van der Waals surface area contributed by atoms with Crippen LogP contribution in [0.25, 0.3) is 16.0 Å². The van der Waals surface area contributed by atoms with Gasteiger partial charge in [0.05, 0.1) is 35.5 Å². The summed E-state index contributed by atoms with van der Waals surface area (Å²) in [5.41, 5.74) is 2.85.